The predicted octanol–water partition coefficient (Wildman–Crippen LogP) is 6.69. The van der Waals surface area contributed by atoms with E-state index in [2.05, 4.69) is 14.4 Å². The molecule has 0 radical (unpaired) electrons. The Kier molecular flexibility index (Phi) is 10.8. The lowest BCUT2D eigenvalue weighted by Gasteiger charge is -2.22. The number of sulfonamides is 1. The summed E-state index contributed by atoms with van der Waals surface area (Å²) in [5.41, 5.74) is 0.921. The van der Waals surface area contributed by atoms with Crippen LogP contribution in [-0.4, -0.2) is 52.1 Å². The topological polar surface area (TPSA) is 132 Å². The van der Waals surface area contributed by atoms with Crippen LogP contribution in [0, 0.1) is 11.8 Å². The first-order valence-corrected chi connectivity index (χ1v) is 16.7. The van der Waals surface area contributed by atoms with Crippen molar-refractivity contribution in [2.24, 2.45) is 11.8 Å². The third-order valence-corrected chi connectivity index (χ3v) is 8.18. The van der Waals surface area contributed by atoms with Crippen LogP contribution >= 0.6 is 23.7 Å². The Morgan fingerprint density at radius 2 is 1.54 bits per heavy atom. The number of esters is 1. The van der Waals surface area contributed by atoms with Crippen molar-refractivity contribution in [2.75, 3.05) is 30.8 Å². The van der Waals surface area contributed by atoms with Gasteiger partial charge in [0.05, 0.1) is 54.6 Å². The zero-order chi connectivity index (χ0) is 32.8. The highest BCUT2D eigenvalue weighted by molar-refractivity contribution is 7.92. The average Bonchev–Trinajstić information content (AvgIpc) is 3.95. The molecule has 3 aromatic rings. The molecule has 2 saturated carbocycles. The summed E-state index contributed by atoms with van der Waals surface area (Å²) in [6, 6.07) is 8.49. The number of pyridine rings is 1. The average molecular weight is 704 g/mol. The molecule has 1 atom stereocenters. The zero-order valence-electron chi connectivity index (χ0n) is 24.4. The quantitative estimate of drug-likeness (QED) is 0.152. The van der Waals surface area contributed by atoms with Gasteiger partial charge in [-0.1, -0.05) is 6.07 Å². The van der Waals surface area contributed by atoms with Gasteiger partial charge in [-0.2, -0.15) is 8.78 Å². The highest BCUT2D eigenvalue weighted by Gasteiger charge is 2.29. The summed E-state index contributed by atoms with van der Waals surface area (Å²) in [5, 5.41) is 0. The molecule has 248 valence electrons. The van der Waals surface area contributed by atoms with Crippen LogP contribution in [0.3, 0.4) is 0 Å². The van der Waals surface area contributed by atoms with E-state index in [0.717, 1.165) is 31.9 Å². The Labute approximate surface area is 274 Å². The van der Waals surface area contributed by atoms with Crippen molar-refractivity contribution in [1.29, 1.82) is 0 Å². The number of aromatic nitrogens is 1. The SMILES string of the molecule is CS(=O)(=O)Nc1ccc(C(=O)OC[C@@H](c2ccc(OC(F)F)c(OCC3CC3)c2)c2c(OCl)cncc2OCl)cc1OCC1CC1. The van der Waals surface area contributed by atoms with E-state index >= 15 is 0 Å². The summed E-state index contributed by atoms with van der Waals surface area (Å²) >= 11 is 11.5. The number of nitrogens with zero attached hydrogens (tertiary/aromatic N) is 1. The third-order valence-electron chi connectivity index (χ3n) is 7.25. The monoisotopic (exact) mass is 702 g/mol. The molecular formula is C30H30Cl2F2N2O9S. The van der Waals surface area contributed by atoms with E-state index in [1.807, 2.05) is 0 Å². The molecule has 2 fully saturated rings. The summed E-state index contributed by atoms with van der Waals surface area (Å²) in [7, 11) is -3.63. The highest BCUT2D eigenvalue weighted by atomic mass is 35.5. The van der Waals surface area contributed by atoms with E-state index < -0.39 is 28.5 Å². The van der Waals surface area contributed by atoms with Crippen LogP contribution in [0.4, 0.5) is 14.5 Å². The summed E-state index contributed by atoms with van der Waals surface area (Å²) in [6.45, 7) is -2.77. The van der Waals surface area contributed by atoms with E-state index in [0.29, 0.717) is 30.6 Å². The van der Waals surface area contributed by atoms with Crippen LogP contribution < -0.4 is 27.5 Å². The minimum absolute atomic E-state index is 0.0289. The molecule has 1 aromatic heterocycles. The molecule has 0 unspecified atom stereocenters. The largest absolute Gasteiger partial charge is 0.491 e. The maximum absolute atomic E-state index is 13.4. The lowest BCUT2D eigenvalue weighted by Crippen LogP contribution is -2.17. The van der Waals surface area contributed by atoms with Gasteiger partial charge in [-0.3, -0.25) is 9.71 Å². The number of carbonyl (C=O) groups is 1. The first kappa shape index (κ1) is 33.6. The first-order chi connectivity index (χ1) is 22.0. The number of alkyl halides is 2. The van der Waals surface area contributed by atoms with Crippen molar-refractivity contribution in [3.8, 4) is 28.7 Å². The number of ether oxygens (including phenoxy) is 4. The smallest absolute Gasteiger partial charge is 0.387 e. The fourth-order valence-corrected chi connectivity index (χ4v) is 5.39. The molecule has 0 bridgehead atoms. The van der Waals surface area contributed by atoms with Gasteiger partial charge in [0, 0.05) is 0 Å². The second-order valence-corrected chi connectivity index (χ2v) is 13.1. The molecule has 16 heteroatoms. The molecular weight excluding hydrogens is 673 g/mol. The van der Waals surface area contributed by atoms with Crippen LogP contribution in [0.15, 0.2) is 48.8 Å². The number of carbonyl (C=O) groups excluding carboxylic acids is 1. The lowest BCUT2D eigenvalue weighted by atomic mass is 9.91. The molecule has 2 aliphatic rings. The van der Waals surface area contributed by atoms with E-state index in [9.17, 15) is 22.0 Å². The van der Waals surface area contributed by atoms with E-state index in [1.54, 1.807) is 0 Å². The van der Waals surface area contributed by atoms with Gasteiger partial charge < -0.3 is 27.5 Å². The fraction of sp³-hybridized carbons (Fsp3) is 0.400. The van der Waals surface area contributed by atoms with Crippen molar-refractivity contribution in [2.45, 2.75) is 38.2 Å². The summed E-state index contributed by atoms with van der Waals surface area (Å²) < 4.78 is 84.6. The van der Waals surface area contributed by atoms with Gasteiger partial charge in [-0.15, -0.1) is 0 Å². The van der Waals surface area contributed by atoms with Crippen molar-refractivity contribution < 1.29 is 49.5 Å². The van der Waals surface area contributed by atoms with Crippen LogP contribution in [0.5, 0.6) is 28.7 Å². The Bertz CT molecular complexity index is 1640. The lowest BCUT2D eigenvalue weighted by molar-refractivity contribution is -0.0515. The first-order valence-electron chi connectivity index (χ1n) is 14.2. The number of benzene rings is 2. The van der Waals surface area contributed by atoms with Gasteiger partial charge in [0.15, 0.2) is 23.0 Å². The fourth-order valence-electron chi connectivity index (χ4n) is 4.57. The van der Waals surface area contributed by atoms with Crippen molar-refractivity contribution in [3.63, 3.8) is 0 Å². The number of halogens is 4. The van der Waals surface area contributed by atoms with Crippen LogP contribution in [0.2, 0.25) is 0 Å². The molecule has 0 saturated heterocycles. The standard InChI is InChI=1S/C30H30Cl2F2N2O9S/c1-46(38,39)36-22-8-6-20(11-24(22)40-14-17-2-3-17)29(37)42-16-21(28-26(44-31)12-35-13-27(28)45-32)19-7-9-23(43-30(33)34)25(10-19)41-15-18-4-5-18/h6-13,17-18,21,30,36H,2-5,14-16H2,1H3/t21-/m0/s1. The molecule has 0 amide bonds. The van der Waals surface area contributed by atoms with Gasteiger partial charge in [0.25, 0.3) is 0 Å². The molecule has 0 aliphatic heterocycles. The van der Waals surface area contributed by atoms with Crippen LogP contribution in [0.1, 0.15) is 53.1 Å². The maximum Gasteiger partial charge on any atom is 0.387 e. The minimum Gasteiger partial charge on any atom is -0.491 e. The van der Waals surface area contributed by atoms with Gasteiger partial charge in [0.1, 0.15) is 36.1 Å². The number of rotatable bonds is 17. The molecule has 46 heavy (non-hydrogen) atoms. The molecule has 0 spiro atoms. The Morgan fingerprint density at radius 3 is 2.11 bits per heavy atom. The van der Waals surface area contributed by atoms with Crippen molar-refractivity contribution >= 4 is 45.4 Å². The van der Waals surface area contributed by atoms with E-state index in [-0.39, 0.29) is 52.2 Å². The van der Waals surface area contributed by atoms with Gasteiger partial charge in [-0.05, 0) is 73.4 Å². The van der Waals surface area contributed by atoms with E-state index in [1.165, 1.54) is 48.8 Å². The van der Waals surface area contributed by atoms with Crippen molar-refractivity contribution in [3.05, 3.63) is 65.5 Å². The minimum atomic E-state index is -3.63. The molecule has 1 heterocycles. The zero-order valence-corrected chi connectivity index (χ0v) is 26.7. The summed E-state index contributed by atoms with van der Waals surface area (Å²) in [4.78, 5) is 17.4. The summed E-state index contributed by atoms with van der Waals surface area (Å²) in [6.07, 6.45) is 7.52. The Morgan fingerprint density at radius 1 is 0.913 bits per heavy atom. The third kappa shape index (κ3) is 9.17. The second kappa shape index (κ2) is 14.8. The molecule has 1 N–H and O–H groups in total. The van der Waals surface area contributed by atoms with Crippen molar-refractivity contribution in [1.82, 2.24) is 4.98 Å². The summed E-state index contributed by atoms with van der Waals surface area (Å²) in [5.74, 6) is -0.888. The van der Waals surface area contributed by atoms with Gasteiger partial charge >= 0.3 is 12.6 Å². The van der Waals surface area contributed by atoms with Gasteiger partial charge in [-0.25, -0.2) is 13.2 Å². The van der Waals surface area contributed by atoms with E-state index in [4.69, 9.17) is 46.5 Å². The molecule has 2 aromatic carbocycles. The Balaban J connectivity index is 1.46. The molecule has 2 aliphatic carbocycles. The highest BCUT2D eigenvalue weighted by Crippen LogP contribution is 2.43. The Hall–Kier alpha value is -3.75. The van der Waals surface area contributed by atoms with Gasteiger partial charge in [0.2, 0.25) is 10.0 Å². The maximum atomic E-state index is 13.4. The predicted molar refractivity (Wildman–Crippen MR) is 164 cm³/mol. The van der Waals surface area contributed by atoms with Crippen LogP contribution in [0.25, 0.3) is 0 Å². The number of anilines is 1. The number of hydrogen-bond acceptors (Lipinski definition) is 10. The molecule has 11 nitrogen and oxygen atoms in total. The number of hydrogen-bond donors (Lipinski definition) is 1. The normalized spacial score (nSPS) is 15.2. The van der Waals surface area contributed by atoms with Crippen LogP contribution in [-0.2, 0) is 14.8 Å². The second-order valence-electron chi connectivity index (χ2n) is 11.0. The number of nitrogens with one attached hydrogen (secondary N) is 1. The molecule has 5 rings (SSSR count).